The predicted octanol–water partition coefficient (Wildman–Crippen LogP) is 1.20. The molecular formula is C13H16N2. The minimum Gasteiger partial charge on any atom is -0.241 e. The normalized spacial score (nSPS) is 17.3. The third kappa shape index (κ3) is 1.99. The summed E-state index contributed by atoms with van der Waals surface area (Å²) in [6.45, 7) is 6.48. The molecule has 78 valence electrons. The first-order chi connectivity index (χ1) is 7.12. The number of aromatic nitrogens is 2. The molecule has 0 saturated carbocycles. The molecule has 15 heavy (non-hydrogen) atoms. The summed E-state index contributed by atoms with van der Waals surface area (Å²) in [5.41, 5.74) is 1.19. The molecule has 0 aliphatic heterocycles. The van der Waals surface area contributed by atoms with Crippen LogP contribution in [0.1, 0.15) is 26.5 Å². The van der Waals surface area contributed by atoms with Crippen LogP contribution in [-0.2, 0) is 6.42 Å². The molecule has 2 nitrogen and oxygen atoms in total. The molecule has 0 radical (unpaired) electrons. The third-order valence-electron chi connectivity index (χ3n) is 2.63. The fourth-order valence-electron chi connectivity index (χ4n) is 1.82. The zero-order valence-electron chi connectivity index (χ0n) is 9.49. The Morgan fingerprint density at radius 1 is 1.27 bits per heavy atom. The lowest BCUT2D eigenvalue weighted by Crippen LogP contribution is -2.33. The highest BCUT2D eigenvalue weighted by Gasteiger charge is 2.11. The summed E-state index contributed by atoms with van der Waals surface area (Å²) in [5, 5.41) is 2.22. The van der Waals surface area contributed by atoms with Crippen LogP contribution in [0.3, 0.4) is 0 Å². The first kappa shape index (κ1) is 10.1. The zero-order valence-corrected chi connectivity index (χ0v) is 9.49. The number of rotatable bonds is 1. The zero-order chi connectivity index (χ0) is 10.9. The van der Waals surface area contributed by atoms with Crippen LogP contribution in [0.2, 0.25) is 0 Å². The molecule has 0 fully saturated rings. The molecule has 0 aromatic carbocycles. The molecular weight excluding hydrogens is 184 g/mol. The second-order valence-corrected chi connectivity index (χ2v) is 4.46. The number of aryl methyl sites for hydroxylation is 1. The van der Waals surface area contributed by atoms with Gasteiger partial charge >= 0.3 is 0 Å². The second-order valence-electron chi connectivity index (χ2n) is 4.46. The summed E-state index contributed by atoms with van der Waals surface area (Å²) in [6.07, 6.45) is 11.2. The van der Waals surface area contributed by atoms with E-state index in [4.69, 9.17) is 0 Å². The van der Waals surface area contributed by atoms with E-state index in [1.807, 2.05) is 0 Å². The summed E-state index contributed by atoms with van der Waals surface area (Å²) in [4.78, 5) is 8.65. The van der Waals surface area contributed by atoms with Crippen LogP contribution in [0.5, 0.6) is 0 Å². The van der Waals surface area contributed by atoms with Crippen LogP contribution in [0.25, 0.3) is 12.2 Å². The summed E-state index contributed by atoms with van der Waals surface area (Å²) < 4.78 is 0. The Hall–Kier alpha value is -1.44. The van der Waals surface area contributed by atoms with E-state index in [2.05, 4.69) is 55.0 Å². The van der Waals surface area contributed by atoms with Crippen LogP contribution >= 0.6 is 0 Å². The molecule has 0 amide bonds. The van der Waals surface area contributed by atoms with Crippen LogP contribution in [0.4, 0.5) is 0 Å². The minimum absolute atomic E-state index is 0.0706. The highest BCUT2D eigenvalue weighted by molar-refractivity contribution is 5.47. The van der Waals surface area contributed by atoms with Crippen molar-refractivity contribution < 1.29 is 0 Å². The molecule has 0 N–H and O–H groups in total. The number of fused-ring (bicyclic) bond motifs is 1. The van der Waals surface area contributed by atoms with E-state index in [9.17, 15) is 0 Å². The van der Waals surface area contributed by atoms with Crippen molar-refractivity contribution in [3.8, 4) is 0 Å². The standard InChI is InChI=1S/C13H16N2/c1-4-11-10-6-5-7-13(2,3)8-12(10)15-9-14-11/h5-9H,4H2,1-3H3. The van der Waals surface area contributed by atoms with Crippen molar-refractivity contribution >= 4 is 12.2 Å². The van der Waals surface area contributed by atoms with E-state index in [1.54, 1.807) is 6.33 Å². The van der Waals surface area contributed by atoms with Crippen LogP contribution in [-0.4, -0.2) is 9.97 Å². The molecule has 2 heteroatoms. The summed E-state index contributed by atoms with van der Waals surface area (Å²) in [5.74, 6) is 0. The van der Waals surface area contributed by atoms with Crippen molar-refractivity contribution in [2.75, 3.05) is 0 Å². The Morgan fingerprint density at radius 3 is 2.80 bits per heavy atom. The first-order valence-electron chi connectivity index (χ1n) is 5.35. The van der Waals surface area contributed by atoms with E-state index in [0.29, 0.717) is 0 Å². The predicted molar refractivity (Wildman–Crippen MR) is 62.5 cm³/mol. The van der Waals surface area contributed by atoms with Gasteiger partial charge in [-0.15, -0.1) is 0 Å². The monoisotopic (exact) mass is 200 g/mol. The van der Waals surface area contributed by atoms with Gasteiger partial charge in [0.25, 0.3) is 0 Å². The van der Waals surface area contributed by atoms with Crippen LogP contribution in [0.15, 0.2) is 18.5 Å². The maximum Gasteiger partial charge on any atom is 0.116 e. The van der Waals surface area contributed by atoms with Gasteiger partial charge in [-0.05, 0) is 12.5 Å². The van der Waals surface area contributed by atoms with Crippen LogP contribution < -0.4 is 10.6 Å². The molecule has 1 aromatic rings. The Balaban J connectivity index is 2.78. The van der Waals surface area contributed by atoms with Gasteiger partial charge in [0.1, 0.15) is 6.33 Å². The minimum atomic E-state index is 0.0706. The van der Waals surface area contributed by atoms with Gasteiger partial charge in [0.05, 0.1) is 11.0 Å². The van der Waals surface area contributed by atoms with E-state index in [0.717, 1.165) is 17.5 Å². The van der Waals surface area contributed by atoms with Crippen molar-refractivity contribution in [2.24, 2.45) is 5.41 Å². The maximum absolute atomic E-state index is 4.35. The Morgan fingerprint density at radius 2 is 2.07 bits per heavy atom. The molecule has 1 aromatic heterocycles. The first-order valence-corrected chi connectivity index (χ1v) is 5.35. The molecule has 0 saturated heterocycles. The molecule has 1 heterocycles. The Kier molecular flexibility index (Phi) is 2.43. The van der Waals surface area contributed by atoms with Crippen molar-refractivity contribution in [3.63, 3.8) is 0 Å². The summed E-state index contributed by atoms with van der Waals surface area (Å²) in [7, 11) is 0. The SMILES string of the molecule is CCc1ncnc2c1=CC=CC(C)(C)C=2. The number of hydrogen-bond acceptors (Lipinski definition) is 2. The number of allylic oxidation sites excluding steroid dienone is 2. The van der Waals surface area contributed by atoms with Crippen molar-refractivity contribution in [1.82, 2.24) is 9.97 Å². The van der Waals surface area contributed by atoms with Crippen molar-refractivity contribution in [2.45, 2.75) is 27.2 Å². The van der Waals surface area contributed by atoms with Crippen molar-refractivity contribution in [3.05, 3.63) is 34.7 Å². The molecule has 0 unspecified atom stereocenters. The fraction of sp³-hybridized carbons (Fsp3) is 0.385. The lowest BCUT2D eigenvalue weighted by atomic mass is 9.93. The number of nitrogens with zero attached hydrogens (tertiary/aromatic N) is 2. The Bertz CT molecular complexity index is 510. The quantitative estimate of drug-likeness (QED) is 0.680. The van der Waals surface area contributed by atoms with Gasteiger partial charge in [-0.2, -0.15) is 0 Å². The topological polar surface area (TPSA) is 25.8 Å². The van der Waals surface area contributed by atoms with Gasteiger partial charge < -0.3 is 0 Å². The summed E-state index contributed by atoms with van der Waals surface area (Å²) >= 11 is 0. The summed E-state index contributed by atoms with van der Waals surface area (Å²) in [6, 6.07) is 0. The average molecular weight is 200 g/mol. The lowest BCUT2D eigenvalue weighted by Gasteiger charge is -2.12. The highest BCUT2D eigenvalue weighted by atomic mass is 14.8. The van der Waals surface area contributed by atoms with Crippen molar-refractivity contribution in [1.29, 1.82) is 0 Å². The van der Waals surface area contributed by atoms with E-state index in [1.165, 1.54) is 5.22 Å². The molecule has 0 atom stereocenters. The molecule has 1 aliphatic rings. The second kappa shape index (κ2) is 3.61. The van der Waals surface area contributed by atoms with E-state index < -0.39 is 0 Å². The molecule has 2 rings (SSSR count). The van der Waals surface area contributed by atoms with Gasteiger partial charge in [-0.25, -0.2) is 9.97 Å². The molecule has 0 spiro atoms. The maximum atomic E-state index is 4.35. The van der Waals surface area contributed by atoms with E-state index in [-0.39, 0.29) is 5.41 Å². The smallest absolute Gasteiger partial charge is 0.116 e. The average Bonchev–Trinajstić information content (AvgIpc) is 2.33. The lowest BCUT2D eigenvalue weighted by molar-refractivity contribution is 0.668. The van der Waals surface area contributed by atoms with Crippen LogP contribution in [0, 0.1) is 5.41 Å². The molecule has 1 aliphatic carbocycles. The number of hydrogen-bond donors (Lipinski definition) is 0. The van der Waals surface area contributed by atoms with Gasteiger partial charge in [0, 0.05) is 10.6 Å². The van der Waals surface area contributed by atoms with Gasteiger partial charge in [-0.1, -0.05) is 39.0 Å². The highest BCUT2D eigenvalue weighted by Crippen LogP contribution is 2.19. The van der Waals surface area contributed by atoms with E-state index >= 15 is 0 Å². The third-order valence-corrected chi connectivity index (χ3v) is 2.63. The molecule has 0 bridgehead atoms. The van der Waals surface area contributed by atoms with Gasteiger partial charge in [0.2, 0.25) is 0 Å². The van der Waals surface area contributed by atoms with Gasteiger partial charge in [0.15, 0.2) is 0 Å². The van der Waals surface area contributed by atoms with Gasteiger partial charge in [-0.3, -0.25) is 0 Å². The Labute approximate surface area is 90.1 Å². The largest absolute Gasteiger partial charge is 0.241 e. The fourth-order valence-corrected chi connectivity index (χ4v) is 1.82.